The fraction of sp³-hybridized carbons (Fsp3) is 0.214. The number of para-hydroxylation sites is 1. The molecule has 0 radical (unpaired) electrons. The van der Waals surface area contributed by atoms with Crippen LogP contribution in [0.1, 0.15) is 15.4 Å². The van der Waals surface area contributed by atoms with Gasteiger partial charge in [0, 0.05) is 17.8 Å². The molecule has 1 N–H and O–H groups in total. The lowest BCUT2D eigenvalue weighted by Crippen LogP contribution is -2.03. The van der Waals surface area contributed by atoms with E-state index in [1.54, 1.807) is 11.3 Å². The summed E-state index contributed by atoms with van der Waals surface area (Å²) in [7, 11) is 1.98. The molecule has 18 heavy (non-hydrogen) atoms. The number of nitrogens with zero attached hydrogens (tertiary/aromatic N) is 1. The Morgan fingerprint density at radius 3 is 3.00 bits per heavy atom. The zero-order chi connectivity index (χ0) is 12.4. The monoisotopic (exact) mass is 274 g/mol. The van der Waals surface area contributed by atoms with E-state index in [0.717, 1.165) is 18.5 Å². The molecule has 3 aromatic rings. The highest BCUT2D eigenvalue weighted by Gasteiger charge is 2.06. The topological polar surface area (TPSA) is 24.9 Å². The van der Waals surface area contributed by atoms with E-state index in [4.69, 9.17) is 0 Å². The molecular weight excluding hydrogens is 260 g/mol. The molecular formula is C14H14N2S2. The van der Waals surface area contributed by atoms with Crippen molar-refractivity contribution in [2.45, 2.75) is 13.0 Å². The summed E-state index contributed by atoms with van der Waals surface area (Å²) in [5.74, 6) is 0. The molecule has 92 valence electrons. The summed E-state index contributed by atoms with van der Waals surface area (Å²) in [4.78, 5) is 6.06. The van der Waals surface area contributed by atoms with Crippen molar-refractivity contribution in [3.8, 4) is 0 Å². The first kappa shape index (κ1) is 11.8. The number of aromatic nitrogens is 1. The predicted molar refractivity (Wildman–Crippen MR) is 79.5 cm³/mol. The third kappa shape index (κ3) is 2.46. The lowest BCUT2D eigenvalue weighted by molar-refractivity contribution is 0.820. The summed E-state index contributed by atoms with van der Waals surface area (Å²) < 4.78 is 1.28. The van der Waals surface area contributed by atoms with Crippen LogP contribution >= 0.6 is 22.7 Å². The quantitative estimate of drug-likeness (QED) is 0.785. The first-order valence-electron chi connectivity index (χ1n) is 5.90. The van der Waals surface area contributed by atoms with Gasteiger partial charge in [-0.3, -0.25) is 0 Å². The van der Waals surface area contributed by atoms with E-state index in [9.17, 15) is 0 Å². The van der Waals surface area contributed by atoms with Crippen LogP contribution in [0, 0.1) is 0 Å². The summed E-state index contributed by atoms with van der Waals surface area (Å²) in [6.07, 6.45) is 0.952. The summed E-state index contributed by atoms with van der Waals surface area (Å²) in [6, 6.07) is 10.6. The molecule has 1 aromatic carbocycles. The van der Waals surface area contributed by atoms with Gasteiger partial charge in [0.25, 0.3) is 0 Å². The van der Waals surface area contributed by atoms with Crippen LogP contribution in [-0.2, 0) is 13.0 Å². The van der Waals surface area contributed by atoms with E-state index in [1.165, 1.54) is 20.1 Å². The zero-order valence-electron chi connectivity index (χ0n) is 10.1. The molecule has 0 bridgehead atoms. The lowest BCUT2D eigenvalue weighted by Gasteiger charge is -1.92. The standard InChI is InChI=1S/C14H14N2S2/c1-15-8-10-6-11(17-9-10)7-14-16-12-4-2-3-5-13(12)18-14/h2-6,9,15H,7-8H2,1H3. The number of thiophene rings is 1. The van der Waals surface area contributed by atoms with Gasteiger partial charge in [-0.15, -0.1) is 22.7 Å². The second kappa shape index (κ2) is 5.18. The molecule has 0 aliphatic carbocycles. The van der Waals surface area contributed by atoms with Gasteiger partial charge in [0.2, 0.25) is 0 Å². The van der Waals surface area contributed by atoms with E-state index < -0.39 is 0 Å². The number of nitrogens with one attached hydrogen (secondary N) is 1. The zero-order valence-corrected chi connectivity index (χ0v) is 11.8. The Morgan fingerprint density at radius 1 is 1.28 bits per heavy atom. The van der Waals surface area contributed by atoms with Crippen molar-refractivity contribution in [3.63, 3.8) is 0 Å². The van der Waals surface area contributed by atoms with E-state index in [-0.39, 0.29) is 0 Å². The van der Waals surface area contributed by atoms with Gasteiger partial charge in [-0.25, -0.2) is 4.98 Å². The third-order valence-electron chi connectivity index (χ3n) is 2.75. The van der Waals surface area contributed by atoms with Gasteiger partial charge in [0.1, 0.15) is 0 Å². The fourth-order valence-corrected chi connectivity index (χ4v) is 3.94. The van der Waals surface area contributed by atoms with Gasteiger partial charge >= 0.3 is 0 Å². The van der Waals surface area contributed by atoms with Crippen molar-refractivity contribution in [2.75, 3.05) is 7.05 Å². The second-order valence-electron chi connectivity index (χ2n) is 4.20. The maximum Gasteiger partial charge on any atom is 0.0990 e. The van der Waals surface area contributed by atoms with E-state index >= 15 is 0 Å². The van der Waals surface area contributed by atoms with E-state index in [0.29, 0.717) is 0 Å². The smallest absolute Gasteiger partial charge is 0.0990 e. The molecule has 0 atom stereocenters. The van der Waals surface area contributed by atoms with E-state index in [2.05, 4.69) is 39.9 Å². The van der Waals surface area contributed by atoms with Gasteiger partial charge in [-0.2, -0.15) is 0 Å². The molecule has 0 saturated carbocycles. The molecule has 2 nitrogen and oxygen atoms in total. The predicted octanol–water partition coefficient (Wildman–Crippen LogP) is 3.67. The van der Waals surface area contributed by atoms with Gasteiger partial charge in [-0.05, 0) is 36.2 Å². The van der Waals surface area contributed by atoms with Crippen LogP contribution < -0.4 is 5.32 Å². The van der Waals surface area contributed by atoms with Gasteiger partial charge < -0.3 is 5.32 Å². The highest BCUT2D eigenvalue weighted by Crippen LogP contribution is 2.25. The van der Waals surface area contributed by atoms with E-state index in [1.807, 2.05) is 24.5 Å². The van der Waals surface area contributed by atoms with Crippen LogP contribution in [0.4, 0.5) is 0 Å². The Hall–Kier alpha value is -1.23. The molecule has 0 amide bonds. The maximum atomic E-state index is 4.67. The molecule has 0 fully saturated rings. The molecule has 2 aromatic heterocycles. The Balaban J connectivity index is 1.82. The molecule has 4 heteroatoms. The number of fused-ring (bicyclic) bond motifs is 1. The van der Waals surface area contributed by atoms with Crippen molar-refractivity contribution < 1.29 is 0 Å². The minimum absolute atomic E-state index is 0.941. The van der Waals surface area contributed by atoms with Crippen LogP contribution in [0.15, 0.2) is 35.7 Å². The number of benzene rings is 1. The van der Waals surface area contributed by atoms with Crippen LogP contribution in [0.2, 0.25) is 0 Å². The molecule has 0 aliphatic heterocycles. The number of rotatable bonds is 4. The first-order chi connectivity index (χ1) is 8.85. The number of hydrogen-bond donors (Lipinski definition) is 1. The summed E-state index contributed by atoms with van der Waals surface area (Å²) in [5.41, 5.74) is 2.48. The molecule has 3 rings (SSSR count). The summed E-state index contributed by atoms with van der Waals surface area (Å²) >= 11 is 3.62. The molecule has 0 spiro atoms. The average Bonchev–Trinajstić information content (AvgIpc) is 2.96. The highest BCUT2D eigenvalue weighted by atomic mass is 32.1. The molecule has 0 unspecified atom stereocenters. The third-order valence-corrected chi connectivity index (χ3v) is 4.77. The van der Waals surface area contributed by atoms with Crippen LogP contribution in [0.5, 0.6) is 0 Å². The maximum absolute atomic E-state index is 4.67. The average molecular weight is 274 g/mol. The summed E-state index contributed by atoms with van der Waals surface area (Å²) in [5, 5.41) is 6.60. The molecule has 0 saturated heterocycles. The second-order valence-corrected chi connectivity index (χ2v) is 6.31. The normalized spacial score (nSPS) is 11.2. The minimum Gasteiger partial charge on any atom is -0.316 e. The van der Waals surface area contributed by atoms with Crippen molar-refractivity contribution in [2.24, 2.45) is 0 Å². The van der Waals surface area contributed by atoms with Gasteiger partial charge in [0.15, 0.2) is 0 Å². The first-order valence-corrected chi connectivity index (χ1v) is 7.60. The van der Waals surface area contributed by atoms with Crippen LogP contribution in [-0.4, -0.2) is 12.0 Å². The van der Waals surface area contributed by atoms with Gasteiger partial charge in [0.05, 0.1) is 15.2 Å². The molecule has 0 aliphatic rings. The Bertz CT molecular complexity index is 621. The Labute approximate surface area is 114 Å². The van der Waals surface area contributed by atoms with Crippen molar-refractivity contribution in [1.29, 1.82) is 0 Å². The Morgan fingerprint density at radius 2 is 2.17 bits per heavy atom. The van der Waals surface area contributed by atoms with Crippen molar-refractivity contribution >= 4 is 32.9 Å². The minimum atomic E-state index is 0.941. The SMILES string of the molecule is CNCc1csc(Cc2nc3ccccc3s2)c1. The largest absolute Gasteiger partial charge is 0.316 e. The van der Waals surface area contributed by atoms with Gasteiger partial charge in [-0.1, -0.05) is 12.1 Å². The van der Waals surface area contributed by atoms with Crippen LogP contribution in [0.3, 0.4) is 0 Å². The lowest BCUT2D eigenvalue weighted by atomic mass is 10.3. The fourth-order valence-electron chi connectivity index (χ4n) is 1.96. The summed E-state index contributed by atoms with van der Waals surface area (Å²) in [6.45, 7) is 0.941. The van der Waals surface area contributed by atoms with Crippen molar-refractivity contribution in [3.05, 3.63) is 51.2 Å². The van der Waals surface area contributed by atoms with Crippen molar-refractivity contribution in [1.82, 2.24) is 10.3 Å². The highest BCUT2D eigenvalue weighted by molar-refractivity contribution is 7.18. The van der Waals surface area contributed by atoms with Crippen LogP contribution in [0.25, 0.3) is 10.2 Å². The number of hydrogen-bond acceptors (Lipinski definition) is 4. The Kier molecular flexibility index (Phi) is 3.41. The number of thiazole rings is 1. The molecule has 2 heterocycles.